The summed E-state index contributed by atoms with van der Waals surface area (Å²) in [6, 6.07) is 7.44. The van der Waals surface area contributed by atoms with E-state index in [1.54, 1.807) is 0 Å². The van der Waals surface area contributed by atoms with Gasteiger partial charge in [-0.25, -0.2) is 9.64 Å². The van der Waals surface area contributed by atoms with E-state index in [0.717, 1.165) is 22.8 Å². The summed E-state index contributed by atoms with van der Waals surface area (Å²) >= 11 is 0. The van der Waals surface area contributed by atoms with Crippen molar-refractivity contribution in [2.24, 2.45) is 7.05 Å². The molecule has 8 heteroatoms. The topological polar surface area (TPSA) is 66.8 Å². The second-order valence-corrected chi connectivity index (χ2v) is 5.66. The molecule has 1 heterocycles. The van der Waals surface area contributed by atoms with Crippen LogP contribution >= 0.6 is 0 Å². The van der Waals surface area contributed by atoms with Crippen LogP contribution in [0.4, 0.5) is 18.9 Å². The highest BCUT2D eigenvalue weighted by Gasteiger charge is 2.35. The maximum absolute atomic E-state index is 13.2. The van der Waals surface area contributed by atoms with Crippen LogP contribution in [0.25, 0.3) is 26.9 Å². The number of nitrogens with zero attached hydrogens (tertiary/aromatic N) is 2. The molecule has 26 heavy (non-hydrogen) atoms. The van der Waals surface area contributed by atoms with E-state index in [9.17, 15) is 23.1 Å². The predicted molar refractivity (Wildman–Crippen MR) is 88.2 cm³/mol. The minimum atomic E-state index is -4.57. The summed E-state index contributed by atoms with van der Waals surface area (Å²) in [6.07, 6.45) is -4.57. The molecule has 0 atom stereocenters. The molecule has 0 radical (unpaired) electrons. The molecule has 1 aromatic heterocycles. The van der Waals surface area contributed by atoms with Crippen molar-refractivity contribution in [2.45, 2.75) is 6.18 Å². The Labute approximate surface area is 145 Å². The first-order valence-corrected chi connectivity index (χ1v) is 7.28. The SMILES string of the molecule is [C-]#[N+]c1cc(-c2ccc(C(=O)O)c(O)c2)c2cc(C(F)(F)F)n(C)c2c1. The summed E-state index contributed by atoms with van der Waals surface area (Å²) < 4.78 is 40.6. The molecular weight excluding hydrogens is 349 g/mol. The van der Waals surface area contributed by atoms with Gasteiger partial charge in [-0.1, -0.05) is 6.07 Å². The van der Waals surface area contributed by atoms with Crippen LogP contribution in [0.3, 0.4) is 0 Å². The second-order valence-electron chi connectivity index (χ2n) is 5.66. The van der Waals surface area contributed by atoms with Crippen molar-refractivity contribution in [1.29, 1.82) is 0 Å². The maximum atomic E-state index is 13.2. The largest absolute Gasteiger partial charge is 0.507 e. The van der Waals surface area contributed by atoms with Crippen LogP contribution in [0.2, 0.25) is 0 Å². The summed E-state index contributed by atoms with van der Waals surface area (Å²) in [4.78, 5) is 14.3. The highest BCUT2D eigenvalue weighted by Crippen LogP contribution is 2.40. The molecule has 0 aliphatic rings. The Bertz CT molecular complexity index is 1090. The van der Waals surface area contributed by atoms with Crippen LogP contribution < -0.4 is 0 Å². The summed E-state index contributed by atoms with van der Waals surface area (Å²) in [5.41, 5.74) is -0.251. The van der Waals surface area contributed by atoms with Gasteiger partial charge in [-0.3, -0.25) is 0 Å². The minimum absolute atomic E-state index is 0.129. The third-order valence-corrected chi connectivity index (χ3v) is 4.11. The Balaban J connectivity index is 2.34. The van der Waals surface area contributed by atoms with E-state index < -0.39 is 23.6 Å². The molecule has 0 fully saturated rings. The van der Waals surface area contributed by atoms with Gasteiger partial charge < -0.3 is 14.8 Å². The van der Waals surface area contributed by atoms with E-state index in [1.165, 1.54) is 25.2 Å². The van der Waals surface area contributed by atoms with Crippen LogP contribution in [0, 0.1) is 6.57 Å². The number of rotatable bonds is 2. The van der Waals surface area contributed by atoms with Gasteiger partial charge in [-0.15, -0.1) is 0 Å². The average Bonchev–Trinajstić information content (AvgIpc) is 2.90. The molecule has 0 amide bonds. The van der Waals surface area contributed by atoms with E-state index in [2.05, 4.69) is 4.85 Å². The van der Waals surface area contributed by atoms with E-state index in [-0.39, 0.29) is 22.2 Å². The van der Waals surface area contributed by atoms with Crippen molar-refractivity contribution in [1.82, 2.24) is 4.57 Å². The molecule has 0 saturated heterocycles. The molecule has 3 rings (SSSR count). The number of hydrogen-bond acceptors (Lipinski definition) is 2. The van der Waals surface area contributed by atoms with Crippen LogP contribution in [-0.4, -0.2) is 20.7 Å². The number of phenols is 1. The molecule has 3 aromatic rings. The number of halogens is 3. The zero-order valence-electron chi connectivity index (χ0n) is 13.3. The quantitative estimate of drug-likeness (QED) is 0.644. The Morgan fingerprint density at radius 1 is 1.19 bits per heavy atom. The Hall–Kier alpha value is -3.47. The highest BCUT2D eigenvalue weighted by atomic mass is 19.4. The van der Waals surface area contributed by atoms with Gasteiger partial charge in [-0.2, -0.15) is 13.2 Å². The van der Waals surface area contributed by atoms with Crippen molar-refractivity contribution in [3.05, 3.63) is 59.1 Å². The lowest BCUT2D eigenvalue weighted by Crippen LogP contribution is -2.10. The van der Waals surface area contributed by atoms with Crippen molar-refractivity contribution in [3.8, 4) is 16.9 Å². The van der Waals surface area contributed by atoms with Crippen molar-refractivity contribution < 1.29 is 28.2 Å². The van der Waals surface area contributed by atoms with Gasteiger partial charge in [0.15, 0.2) is 5.69 Å². The number of hydrogen-bond donors (Lipinski definition) is 2. The van der Waals surface area contributed by atoms with Gasteiger partial charge >= 0.3 is 12.1 Å². The zero-order valence-corrected chi connectivity index (χ0v) is 13.3. The molecule has 2 aromatic carbocycles. The van der Waals surface area contributed by atoms with Crippen LogP contribution in [0.15, 0.2) is 36.4 Å². The highest BCUT2D eigenvalue weighted by molar-refractivity contribution is 6.00. The van der Waals surface area contributed by atoms with E-state index in [0.29, 0.717) is 11.1 Å². The van der Waals surface area contributed by atoms with E-state index >= 15 is 0 Å². The number of benzene rings is 2. The van der Waals surface area contributed by atoms with Crippen LogP contribution in [-0.2, 0) is 13.2 Å². The lowest BCUT2D eigenvalue weighted by Gasteiger charge is -2.09. The fraction of sp³-hybridized carbons (Fsp3) is 0.111. The predicted octanol–water partition coefficient (Wildman–Crippen LogP) is 4.82. The number of aromatic carboxylic acids is 1. The Morgan fingerprint density at radius 3 is 2.42 bits per heavy atom. The normalized spacial score (nSPS) is 11.5. The number of aryl methyl sites for hydroxylation is 1. The molecule has 2 N–H and O–H groups in total. The number of fused-ring (bicyclic) bond motifs is 1. The first kappa shape index (κ1) is 17.4. The number of alkyl halides is 3. The average molecular weight is 360 g/mol. The lowest BCUT2D eigenvalue weighted by molar-refractivity contribution is -0.142. The number of carboxylic acid groups (broad SMARTS) is 1. The lowest BCUT2D eigenvalue weighted by atomic mass is 9.99. The van der Waals surface area contributed by atoms with Crippen molar-refractivity contribution in [2.75, 3.05) is 0 Å². The first-order valence-electron chi connectivity index (χ1n) is 7.28. The molecule has 0 bridgehead atoms. The standard InChI is InChI=1S/C18H11F3N2O3/c1-22-10-6-12(9-3-4-11(17(25)26)15(24)5-9)13-8-16(18(19,20)21)23(2)14(13)7-10/h3-8,24H,2H3,(H,25,26). The molecule has 0 aliphatic heterocycles. The third kappa shape index (κ3) is 2.73. The Kier molecular flexibility index (Phi) is 3.88. The maximum Gasteiger partial charge on any atom is 0.431 e. The number of carbonyl (C=O) groups is 1. The fourth-order valence-electron chi connectivity index (χ4n) is 2.87. The molecule has 132 valence electrons. The van der Waals surface area contributed by atoms with E-state index in [1.807, 2.05) is 0 Å². The van der Waals surface area contributed by atoms with Crippen molar-refractivity contribution in [3.63, 3.8) is 0 Å². The zero-order chi connectivity index (χ0) is 19.2. The number of carboxylic acids is 1. The van der Waals surface area contributed by atoms with Gasteiger partial charge in [0.05, 0.1) is 6.57 Å². The van der Waals surface area contributed by atoms with Crippen LogP contribution in [0.5, 0.6) is 5.75 Å². The molecule has 0 unspecified atom stereocenters. The summed E-state index contributed by atoms with van der Waals surface area (Å²) in [5.74, 6) is -1.84. The number of aromatic hydroxyl groups is 1. The smallest absolute Gasteiger partial charge is 0.431 e. The third-order valence-electron chi connectivity index (χ3n) is 4.11. The van der Waals surface area contributed by atoms with Crippen molar-refractivity contribution >= 4 is 22.6 Å². The number of aromatic nitrogens is 1. The van der Waals surface area contributed by atoms with Gasteiger partial charge in [0.1, 0.15) is 17.0 Å². The fourth-order valence-corrected chi connectivity index (χ4v) is 2.87. The molecule has 0 aliphatic carbocycles. The Morgan fingerprint density at radius 2 is 1.88 bits per heavy atom. The summed E-state index contributed by atoms with van der Waals surface area (Å²) in [7, 11) is 1.26. The molecule has 5 nitrogen and oxygen atoms in total. The minimum Gasteiger partial charge on any atom is -0.507 e. The van der Waals surface area contributed by atoms with E-state index in [4.69, 9.17) is 11.7 Å². The van der Waals surface area contributed by atoms with Gasteiger partial charge in [0.25, 0.3) is 0 Å². The monoisotopic (exact) mass is 360 g/mol. The van der Waals surface area contributed by atoms with Crippen LogP contribution in [0.1, 0.15) is 16.1 Å². The molecular formula is C18H11F3N2O3. The molecule has 0 spiro atoms. The molecule has 0 saturated carbocycles. The summed E-state index contributed by atoms with van der Waals surface area (Å²) in [5, 5.41) is 19.1. The summed E-state index contributed by atoms with van der Waals surface area (Å²) in [6.45, 7) is 7.18. The first-order chi connectivity index (χ1) is 12.1. The van der Waals surface area contributed by atoms with Gasteiger partial charge in [0.2, 0.25) is 0 Å². The van der Waals surface area contributed by atoms with Gasteiger partial charge in [-0.05, 0) is 41.5 Å². The van der Waals surface area contributed by atoms with Gasteiger partial charge in [0, 0.05) is 18.0 Å². The second kappa shape index (κ2) is 5.81.